The Morgan fingerprint density at radius 2 is 2.12 bits per heavy atom. The summed E-state index contributed by atoms with van der Waals surface area (Å²) in [5.74, 6) is -0.345. The lowest BCUT2D eigenvalue weighted by atomic mass is 10.3. The van der Waals surface area contributed by atoms with Gasteiger partial charge in [-0.15, -0.1) is 10.2 Å². The van der Waals surface area contributed by atoms with Crippen LogP contribution in [0.1, 0.15) is 6.42 Å². The molecule has 0 saturated carbocycles. The molecule has 3 rings (SSSR count). The normalized spacial score (nSPS) is 19.1. The van der Waals surface area contributed by atoms with Crippen LogP contribution in [0.5, 0.6) is 0 Å². The highest BCUT2D eigenvalue weighted by Crippen LogP contribution is 2.28. The first-order chi connectivity index (χ1) is 11.5. The number of rotatable bonds is 6. The van der Waals surface area contributed by atoms with Crippen LogP contribution in [0.25, 0.3) is 0 Å². The molecule has 7 nitrogen and oxygen atoms in total. The number of sulfone groups is 1. The predicted molar refractivity (Wildman–Crippen MR) is 93.5 cm³/mol. The van der Waals surface area contributed by atoms with Crippen LogP contribution >= 0.6 is 23.1 Å². The Kier molecular flexibility index (Phi) is 5.36. The van der Waals surface area contributed by atoms with Gasteiger partial charge < -0.3 is 10.1 Å². The van der Waals surface area contributed by atoms with E-state index in [9.17, 15) is 13.2 Å². The van der Waals surface area contributed by atoms with E-state index in [1.807, 2.05) is 30.3 Å². The van der Waals surface area contributed by atoms with Crippen LogP contribution in [0, 0.1) is 0 Å². The molecule has 1 aromatic carbocycles. The number of carbonyl (C=O) groups is 1. The summed E-state index contributed by atoms with van der Waals surface area (Å²) < 4.78 is 28.5. The third-order valence-electron chi connectivity index (χ3n) is 3.23. The Bertz CT molecular complexity index is 808. The van der Waals surface area contributed by atoms with Crippen LogP contribution < -0.4 is 5.32 Å². The summed E-state index contributed by atoms with van der Waals surface area (Å²) >= 11 is 2.56. The number of thioether (sulfide) groups is 1. The number of anilines is 2. The fourth-order valence-corrected chi connectivity index (χ4v) is 5.30. The van der Waals surface area contributed by atoms with Crippen molar-refractivity contribution in [2.75, 3.05) is 22.6 Å². The van der Waals surface area contributed by atoms with Gasteiger partial charge in [0.25, 0.3) is 0 Å². The van der Waals surface area contributed by atoms with Crippen LogP contribution in [0.2, 0.25) is 0 Å². The zero-order valence-electron chi connectivity index (χ0n) is 12.5. The molecule has 0 bridgehead atoms. The van der Waals surface area contributed by atoms with E-state index in [2.05, 4.69) is 15.5 Å². The summed E-state index contributed by atoms with van der Waals surface area (Å²) in [4.78, 5) is 11.8. The number of nitrogens with one attached hydrogen (secondary N) is 1. The lowest BCUT2D eigenvalue weighted by Crippen LogP contribution is -2.20. The molecule has 1 saturated heterocycles. The Hall–Kier alpha value is -1.65. The molecule has 1 aromatic heterocycles. The maximum atomic E-state index is 11.8. The quantitative estimate of drug-likeness (QED) is 0.596. The van der Waals surface area contributed by atoms with Crippen LogP contribution in [-0.4, -0.2) is 47.9 Å². The summed E-state index contributed by atoms with van der Waals surface area (Å²) in [6.45, 7) is 0. The van der Waals surface area contributed by atoms with E-state index in [4.69, 9.17) is 4.74 Å². The van der Waals surface area contributed by atoms with Gasteiger partial charge in [0.2, 0.25) is 5.13 Å². The number of benzene rings is 1. The summed E-state index contributed by atoms with van der Waals surface area (Å²) in [5, 5.41) is 11.8. The smallest absolute Gasteiger partial charge is 0.316 e. The molecule has 1 N–H and O–H groups in total. The van der Waals surface area contributed by atoms with Gasteiger partial charge in [0.15, 0.2) is 14.2 Å². The molecule has 0 aliphatic carbocycles. The van der Waals surface area contributed by atoms with Crippen LogP contribution in [-0.2, 0) is 19.4 Å². The van der Waals surface area contributed by atoms with Crippen molar-refractivity contribution < 1.29 is 17.9 Å². The molecule has 1 aliphatic heterocycles. The first kappa shape index (κ1) is 17.2. The van der Waals surface area contributed by atoms with E-state index in [-0.39, 0.29) is 17.3 Å². The van der Waals surface area contributed by atoms with Gasteiger partial charge in [-0.3, -0.25) is 4.79 Å². The summed E-state index contributed by atoms with van der Waals surface area (Å²) in [5.41, 5.74) is 0.909. The standard InChI is InChI=1S/C14H15N3O4S3/c18-12(21-11-6-7-24(19,20)9-11)8-22-14-17-16-13(23-14)15-10-4-2-1-3-5-10/h1-5,11H,6-9H2,(H,15,16)/t11-/m1/s1. The maximum absolute atomic E-state index is 11.8. The second-order valence-electron chi connectivity index (χ2n) is 5.17. The number of aromatic nitrogens is 2. The zero-order chi connectivity index (χ0) is 17.0. The lowest BCUT2D eigenvalue weighted by molar-refractivity contribution is -0.144. The number of para-hydroxylation sites is 1. The minimum Gasteiger partial charge on any atom is -0.461 e. The fraction of sp³-hybridized carbons (Fsp3) is 0.357. The van der Waals surface area contributed by atoms with Gasteiger partial charge in [-0.05, 0) is 18.6 Å². The predicted octanol–water partition coefficient (Wildman–Crippen LogP) is 2.10. The van der Waals surface area contributed by atoms with Gasteiger partial charge in [0.1, 0.15) is 6.10 Å². The molecule has 0 radical (unpaired) electrons. The molecule has 10 heteroatoms. The van der Waals surface area contributed by atoms with E-state index < -0.39 is 21.9 Å². The van der Waals surface area contributed by atoms with Gasteiger partial charge in [0.05, 0.1) is 17.3 Å². The van der Waals surface area contributed by atoms with Gasteiger partial charge in [0, 0.05) is 5.69 Å². The average Bonchev–Trinajstić information content (AvgIpc) is 3.12. The van der Waals surface area contributed by atoms with Crippen LogP contribution in [0.15, 0.2) is 34.7 Å². The van der Waals surface area contributed by atoms with Crippen molar-refractivity contribution >= 4 is 49.7 Å². The molecular formula is C14H15N3O4S3. The Morgan fingerprint density at radius 3 is 2.83 bits per heavy atom. The molecule has 2 aromatic rings. The second kappa shape index (κ2) is 7.49. The number of hydrogen-bond donors (Lipinski definition) is 1. The van der Waals surface area contributed by atoms with Gasteiger partial charge in [-0.25, -0.2) is 8.42 Å². The topological polar surface area (TPSA) is 98.2 Å². The third-order valence-corrected chi connectivity index (χ3v) is 6.92. The number of carbonyl (C=O) groups excluding carboxylic acids is 1. The molecule has 1 fully saturated rings. The average molecular weight is 385 g/mol. The van der Waals surface area contributed by atoms with Crippen molar-refractivity contribution in [1.82, 2.24) is 10.2 Å². The van der Waals surface area contributed by atoms with Crippen molar-refractivity contribution in [3.63, 3.8) is 0 Å². The van der Waals surface area contributed by atoms with Crippen molar-refractivity contribution in [2.24, 2.45) is 0 Å². The molecule has 1 atom stereocenters. The van der Waals surface area contributed by atoms with E-state index in [1.54, 1.807) is 0 Å². The second-order valence-corrected chi connectivity index (χ2v) is 9.60. The summed E-state index contributed by atoms with van der Waals surface area (Å²) in [6.07, 6.45) is -0.143. The minimum atomic E-state index is -3.05. The first-order valence-electron chi connectivity index (χ1n) is 7.18. The zero-order valence-corrected chi connectivity index (χ0v) is 15.0. The summed E-state index contributed by atoms with van der Waals surface area (Å²) in [6, 6.07) is 9.59. The van der Waals surface area contributed by atoms with E-state index >= 15 is 0 Å². The molecule has 128 valence electrons. The van der Waals surface area contributed by atoms with Crippen molar-refractivity contribution in [2.45, 2.75) is 16.9 Å². The minimum absolute atomic E-state index is 0.0760. The molecule has 0 spiro atoms. The van der Waals surface area contributed by atoms with Crippen molar-refractivity contribution in [3.8, 4) is 0 Å². The third kappa shape index (κ3) is 4.92. The molecule has 1 aliphatic rings. The maximum Gasteiger partial charge on any atom is 0.316 e. The Balaban J connectivity index is 1.46. The van der Waals surface area contributed by atoms with E-state index in [0.29, 0.717) is 15.9 Å². The van der Waals surface area contributed by atoms with Crippen LogP contribution in [0.4, 0.5) is 10.8 Å². The van der Waals surface area contributed by atoms with Crippen molar-refractivity contribution in [1.29, 1.82) is 0 Å². The molecule has 2 heterocycles. The molecular weight excluding hydrogens is 370 g/mol. The van der Waals surface area contributed by atoms with E-state index in [1.165, 1.54) is 23.1 Å². The SMILES string of the molecule is O=C(CSc1nnc(Nc2ccccc2)s1)O[C@@H]1CCS(=O)(=O)C1. The molecule has 24 heavy (non-hydrogen) atoms. The number of nitrogens with zero attached hydrogens (tertiary/aromatic N) is 2. The van der Waals surface area contributed by atoms with Gasteiger partial charge >= 0.3 is 5.97 Å². The number of hydrogen-bond acceptors (Lipinski definition) is 9. The largest absolute Gasteiger partial charge is 0.461 e. The van der Waals surface area contributed by atoms with E-state index in [0.717, 1.165) is 5.69 Å². The highest BCUT2D eigenvalue weighted by Gasteiger charge is 2.30. The molecule has 0 unspecified atom stereocenters. The Morgan fingerprint density at radius 1 is 1.33 bits per heavy atom. The Labute approximate surface area is 147 Å². The fourth-order valence-electron chi connectivity index (χ4n) is 2.16. The lowest BCUT2D eigenvalue weighted by Gasteiger charge is -2.09. The van der Waals surface area contributed by atoms with Gasteiger partial charge in [-0.2, -0.15) is 0 Å². The highest BCUT2D eigenvalue weighted by molar-refractivity contribution is 8.01. The highest BCUT2D eigenvalue weighted by atomic mass is 32.2. The monoisotopic (exact) mass is 385 g/mol. The summed E-state index contributed by atoms with van der Waals surface area (Å²) in [7, 11) is -3.05. The number of esters is 1. The number of ether oxygens (including phenoxy) is 1. The van der Waals surface area contributed by atoms with Crippen LogP contribution in [0.3, 0.4) is 0 Å². The first-order valence-corrected chi connectivity index (χ1v) is 10.8. The van der Waals surface area contributed by atoms with Crippen molar-refractivity contribution in [3.05, 3.63) is 30.3 Å². The molecule has 0 amide bonds. The van der Waals surface area contributed by atoms with Gasteiger partial charge in [-0.1, -0.05) is 41.3 Å².